The second-order valence-electron chi connectivity index (χ2n) is 8.04. The fourth-order valence-electron chi connectivity index (χ4n) is 3.28. The van der Waals surface area contributed by atoms with E-state index in [2.05, 4.69) is 11.4 Å². The van der Waals surface area contributed by atoms with Crippen LogP contribution >= 0.6 is 34.5 Å². The van der Waals surface area contributed by atoms with Crippen LogP contribution in [0.2, 0.25) is 10.0 Å². The molecule has 0 saturated heterocycles. The Morgan fingerprint density at radius 2 is 1.73 bits per heavy atom. The Morgan fingerprint density at radius 3 is 2.33 bits per heavy atom. The van der Waals surface area contributed by atoms with Crippen molar-refractivity contribution in [2.45, 2.75) is 39.9 Å². The fraction of sp³-hybridized carbons (Fsp3) is 0.280. The minimum absolute atomic E-state index is 0.0396. The molecule has 0 aliphatic rings. The molecule has 3 amide bonds. The maximum Gasteiger partial charge on any atom is 0.322 e. The monoisotopic (exact) mass is 503 g/mol. The maximum absolute atomic E-state index is 13.4. The average Bonchev–Trinajstić information content (AvgIpc) is 3.18. The van der Waals surface area contributed by atoms with Crippen LogP contribution in [0.3, 0.4) is 0 Å². The summed E-state index contributed by atoms with van der Waals surface area (Å²) >= 11 is 13.7. The van der Waals surface area contributed by atoms with Crippen LogP contribution in [0.1, 0.15) is 29.9 Å². The summed E-state index contributed by atoms with van der Waals surface area (Å²) < 4.78 is 0. The molecule has 1 N–H and O–H groups in total. The van der Waals surface area contributed by atoms with Crippen LogP contribution in [0, 0.1) is 6.92 Å². The lowest BCUT2D eigenvalue weighted by Gasteiger charge is -2.30. The molecule has 174 valence electrons. The van der Waals surface area contributed by atoms with Gasteiger partial charge in [-0.15, -0.1) is 11.3 Å². The molecular formula is C25H27Cl2N3O2S. The van der Waals surface area contributed by atoms with Gasteiger partial charge in [0, 0.05) is 23.2 Å². The molecule has 8 heteroatoms. The third kappa shape index (κ3) is 6.97. The Labute approximate surface area is 208 Å². The summed E-state index contributed by atoms with van der Waals surface area (Å²) in [5, 5.41) is 5.60. The summed E-state index contributed by atoms with van der Waals surface area (Å²) in [4.78, 5) is 30.9. The number of benzene rings is 2. The predicted molar refractivity (Wildman–Crippen MR) is 137 cm³/mol. The number of thiophene rings is 1. The molecule has 33 heavy (non-hydrogen) atoms. The van der Waals surface area contributed by atoms with Crippen molar-refractivity contribution in [2.24, 2.45) is 0 Å². The quantitative estimate of drug-likeness (QED) is 0.365. The predicted octanol–water partition coefficient (Wildman–Crippen LogP) is 6.83. The first-order valence-corrected chi connectivity index (χ1v) is 12.3. The Morgan fingerprint density at radius 1 is 1.00 bits per heavy atom. The van der Waals surface area contributed by atoms with Crippen molar-refractivity contribution in [1.82, 2.24) is 9.80 Å². The van der Waals surface area contributed by atoms with Gasteiger partial charge in [0.1, 0.15) is 6.54 Å². The zero-order valence-corrected chi connectivity index (χ0v) is 21.2. The maximum atomic E-state index is 13.4. The number of carbonyl (C=O) groups excluding carboxylic acids is 2. The van der Waals surface area contributed by atoms with Gasteiger partial charge in [-0.05, 0) is 61.5 Å². The summed E-state index contributed by atoms with van der Waals surface area (Å²) in [6.07, 6.45) is 0. The van der Waals surface area contributed by atoms with Gasteiger partial charge >= 0.3 is 6.03 Å². The number of urea groups is 1. The Kier molecular flexibility index (Phi) is 8.78. The van der Waals surface area contributed by atoms with E-state index in [1.54, 1.807) is 34.4 Å². The number of nitrogens with one attached hydrogen (secondary N) is 1. The van der Waals surface area contributed by atoms with Gasteiger partial charge < -0.3 is 15.1 Å². The highest BCUT2D eigenvalue weighted by molar-refractivity contribution is 7.10. The van der Waals surface area contributed by atoms with E-state index < -0.39 is 0 Å². The zero-order valence-electron chi connectivity index (χ0n) is 18.8. The van der Waals surface area contributed by atoms with Gasteiger partial charge in [0.05, 0.1) is 16.6 Å². The highest BCUT2D eigenvalue weighted by Gasteiger charge is 2.24. The number of nitrogens with zero attached hydrogens (tertiary/aromatic N) is 2. The van der Waals surface area contributed by atoms with Gasteiger partial charge in [0.25, 0.3) is 0 Å². The van der Waals surface area contributed by atoms with Gasteiger partial charge in [0.15, 0.2) is 0 Å². The fourth-order valence-corrected chi connectivity index (χ4v) is 4.50. The van der Waals surface area contributed by atoms with Crippen LogP contribution in [0.25, 0.3) is 0 Å². The summed E-state index contributed by atoms with van der Waals surface area (Å²) in [6, 6.07) is 16.2. The van der Waals surface area contributed by atoms with Gasteiger partial charge in [-0.25, -0.2) is 4.79 Å². The summed E-state index contributed by atoms with van der Waals surface area (Å²) in [5.41, 5.74) is 2.71. The minimum atomic E-state index is -0.372. The molecule has 0 spiro atoms. The molecule has 3 aromatic rings. The van der Waals surface area contributed by atoms with Crippen molar-refractivity contribution in [3.8, 4) is 0 Å². The molecule has 0 unspecified atom stereocenters. The Hall–Kier alpha value is -2.54. The normalized spacial score (nSPS) is 10.8. The van der Waals surface area contributed by atoms with Crippen LogP contribution in [0.4, 0.5) is 10.5 Å². The minimum Gasteiger partial charge on any atom is -0.332 e. The van der Waals surface area contributed by atoms with Gasteiger partial charge in [-0.3, -0.25) is 4.79 Å². The summed E-state index contributed by atoms with van der Waals surface area (Å²) in [5.74, 6) is -0.121. The lowest BCUT2D eigenvalue weighted by atomic mass is 10.2. The average molecular weight is 504 g/mol. The van der Waals surface area contributed by atoms with Crippen LogP contribution in [0.5, 0.6) is 0 Å². The number of anilines is 1. The van der Waals surface area contributed by atoms with Gasteiger partial charge in [0.2, 0.25) is 5.91 Å². The largest absolute Gasteiger partial charge is 0.332 e. The van der Waals surface area contributed by atoms with Gasteiger partial charge in [-0.2, -0.15) is 0 Å². The summed E-state index contributed by atoms with van der Waals surface area (Å²) in [6.45, 7) is 6.73. The van der Waals surface area contributed by atoms with Crippen molar-refractivity contribution in [2.75, 3.05) is 11.9 Å². The van der Waals surface area contributed by atoms with E-state index >= 15 is 0 Å². The van der Waals surface area contributed by atoms with E-state index in [0.29, 0.717) is 28.8 Å². The van der Waals surface area contributed by atoms with Crippen molar-refractivity contribution >= 4 is 52.2 Å². The van der Waals surface area contributed by atoms with Crippen molar-refractivity contribution in [1.29, 1.82) is 0 Å². The second-order valence-corrected chi connectivity index (χ2v) is 9.86. The van der Waals surface area contributed by atoms with Crippen LogP contribution in [-0.2, 0) is 17.9 Å². The summed E-state index contributed by atoms with van der Waals surface area (Å²) in [7, 11) is 0. The Bertz CT molecular complexity index is 1100. The molecule has 3 rings (SSSR count). The van der Waals surface area contributed by atoms with Crippen molar-refractivity contribution < 1.29 is 9.59 Å². The van der Waals surface area contributed by atoms with Gasteiger partial charge in [-0.1, -0.05) is 53.5 Å². The zero-order chi connectivity index (χ0) is 24.0. The number of carbonyl (C=O) groups is 2. The molecule has 2 aromatic carbocycles. The van der Waals surface area contributed by atoms with E-state index in [-0.39, 0.29) is 24.5 Å². The molecule has 0 radical (unpaired) electrons. The topological polar surface area (TPSA) is 52.7 Å². The first-order chi connectivity index (χ1) is 15.7. The van der Waals surface area contributed by atoms with Crippen LogP contribution in [-0.4, -0.2) is 34.3 Å². The van der Waals surface area contributed by atoms with E-state index in [0.717, 1.165) is 16.0 Å². The number of aryl methyl sites for hydroxylation is 1. The number of rotatable bonds is 8. The molecule has 0 fully saturated rings. The Balaban J connectivity index is 1.76. The number of halogens is 2. The SMILES string of the molecule is Cc1ccsc1CN(Cc1ccccc1)C(=O)CN(C(=O)Nc1ccc(Cl)c(Cl)c1)C(C)C. The standard InChI is InChI=1S/C25H27Cl2N3O2S/c1-17(2)30(25(32)28-20-9-10-21(26)22(27)13-20)16-24(31)29(14-19-7-5-4-6-8-19)15-23-18(3)11-12-33-23/h4-13,17H,14-16H2,1-3H3,(H,28,32). The molecule has 5 nitrogen and oxygen atoms in total. The van der Waals surface area contributed by atoms with Crippen molar-refractivity contribution in [3.05, 3.63) is 86.0 Å². The van der Waals surface area contributed by atoms with E-state index in [1.807, 2.05) is 56.5 Å². The second kappa shape index (κ2) is 11.5. The lowest BCUT2D eigenvalue weighted by molar-refractivity contribution is -0.133. The van der Waals surface area contributed by atoms with E-state index in [9.17, 15) is 9.59 Å². The van der Waals surface area contributed by atoms with Crippen LogP contribution in [0.15, 0.2) is 60.0 Å². The molecule has 0 bridgehead atoms. The van der Waals surface area contributed by atoms with Crippen molar-refractivity contribution in [3.63, 3.8) is 0 Å². The van der Waals surface area contributed by atoms with E-state index in [4.69, 9.17) is 23.2 Å². The first kappa shape index (κ1) is 25.1. The number of hydrogen-bond acceptors (Lipinski definition) is 3. The highest BCUT2D eigenvalue weighted by atomic mass is 35.5. The van der Waals surface area contributed by atoms with E-state index in [1.165, 1.54) is 4.90 Å². The third-order valence-electron chi connectivity index (χ3n) is 5.23. The molecular weight excluding hydrogens is 477 g/mol. The number of hydrogen-bond donors (Lipinski definition) is 1. The van der Waals surface area contributed by atoms with Crippen LogP contribution < -0.4 is 5.32 Å². The first-order valence-electron chi connectivity index (χ1n) is 10.6. The molecule has 0 aliphatic carbocycles. The molecule has 1 aromatic heterocycles. The molecule has 0 atom stereocenters. The highest BCUT2D eigenvalue weighted by Crippen LogP contribution is 2.25. The molecule has 1 heterocycles. The molecule has 0 saturated carbocycles. The smallest absolute Gasteiger partial charge is 0.322 e. The third-order valence-corrected chi connectivity index (χ3v) is 6.98. The number of amides is 3. The molecule has 0 aliphatic heterocycles. The lowest BCUT2D eigenvalue weighted by Crippen LogP contribution is -2.47.